The van der Waals surface area contributed by atoms with Crippen LogP contribution in [0, 0.1) is 10.1 Å². The molecule has 1 heterocycles. The van der Waals surface area contributed by atoms with Crippen LogP contribution in [-0.4, -0.2) is 38.3 Å². The summed E-state index contributed by atoms with van der Waals surface area (Å²) >= 11 is 1.55. The highest BCUT2D eigenvalue weighted by molar-refractivity contribution is 7.92. The van der Waals surface area contributed by atoms with E-state index in [4.69, 9.17) is 4.74 Å². The van der Waals surface area contributed by atoms with Crippen molar-refractivity contribution in [2.45, 2.75) is 17.9 Å². The van der Waals surface area contributed by atoms with Crippen LogP contribution in [0.2, 0.25) is 0 Å². The molecule has 168 valence electrons. The normalized spacial score (nSPS) is 12.1. The molecule has 0 fully saturated rings. The quantitative estimate of drug-likeness (QED) is 0.383. The summed E-state index contributed by atoms with van der Waals surface area (Å²) in [6.07, 6.45) is 0. The highest BCUT2D eigenvalue weighted by Gasteiger charge is 2.22. The Morgan fingerprint density at radius 1 is 1.19 bits per heavy atom. The first-order valence-corrected chi connectivity index (χ1v) is 11.8. The number of hydrogen-bond acceptors (Lipinski definition) is 7. The van der Waals surface area contributed by atoms with Gasteiger partial charge >= 0.3 is 0 Å². The van der Waals surface area contributed by atoms with Crippen molar-refractivity contribution in [3.63, 3.8) is 0 Å². The molecular formula is C21H21N3O6S2. The molecule has 0 radical (unpaired) electrons. The molecule has 11 heteroatoms. The van der Waals surface area contributed by atoms with E-state index in [0.717, 1.165) is 10.9 Å². The Morgan fingerprint density at radius 3 is 2.44 bits per heavy atom. The number of nitro groups is 1. The zero-order valence-corrected chi connectivity index (χ0v) is 19.1. The summed E-state index contributed by atoms with van der Waals surface area (Å²) in [5.74, 6) is -0.113. The molecule has 0 saturated heterocycles. The monoisotopic (exact) mass is 475 g/mol. The molecule has 32 heavy (non-hydrogen) atoms. The van der Waals surface area contributed by atoms with E-state index in [9.17, 15) is 23.3 Å². The Hall–Kier alpha value is -3.44. The van der Waals surface area contributed by atoms with Crippen molar-refractivity contribution in [1.29, 1.82) is 0 Å². The average molecular weight is 476 g/mol. The number of carbonyl (C=O) groups excluding carboxylic acids is 1. The molecule has 1 amide bonds. The Labute approximate surface area is 189 Å². The fourth-order valence-electron chi connectivity index (χ4n) is 2.97. The Balaban J connectivity index is 1.81. The lowest BCUT2D eigenvalue weighted by molar-refractivity contribution is -0.384. The van der Waals surface area contributed by atoms with E-state index >= 15 is 0 Å². The molecule has 0 aliphatic rings. The topological polar surface area (TPSA) is 119 Å². The van der Waals surface area contributed by atoms with E-state index in [1.54, 1.807) is 23.3 Å². The molecule has 2 aromatic carbocycles. The van der Waals surface area contributed by atoms with Gasteiger partial charge in [-0.2, -0.15) is 0 Å². The maximum absolute atomic E-state index is 12.8. The van der Waals surface area contributed by atoms with Crippen LogP contribution in [0.4, 0.5) is 11.4 Å². The smallest absolute Gasteiger partial charge is 0.271 e. The number of thiophene rings is 1. The number of non-ortho nitro benzene ring substituents is 1. The molecule has 1 aromatic heterocycles. The van der Waals surface area contributed by atoms with Gasteiger partial charge in [0.05, 0.1) is 28.7 Å². The number of nitrogens with one attached hydrogen (secondary N) is 1. The summed E-state index contributed by atoms with van der Waals surface area (Å²) in [6.45, 7) is 1.92. The fourth-order valence-corrected chi connectivity index (χ4v) is 4.86. The molecule has 1 N–H and O–H groups in total. The lowest BCUT2D eigenvalue weighted by Crippen LogP contribution is -2.29. The molecular weight excluding hydrogens is 454 g/mol. The van der Waals surface area contributed by atoms with Gasteiger partial charge in [0.25, 0.3) is 21.6 Å². The van der Waals surface area contributed by atoms with Crippen LogP contribution in [0.3, 0.4) is 0 Å². The minimum Gasteiger partial charge on any atom is -0.495 e. The first-order chi connectivity index (χ1) is 15.1. The molecule has 9 nitrogen and oxygen atoms in total. The van der Waals surface area contributed by atoms with E-state index in [0.29, 0.717) is 5.56 Å². The van der Waals surface area contributed by atoms with Crippen molar-refractivity contribution in [1.82, 2.24) is 4.90 Å². The first-order valence-electron chi connectivity index (χ1n) is 9.40. The highest BCUT2D eigenvalue weighted by atomic mass is 32.2. The SMILES string of the molecule is COc1ccc([N+](=O)[O-])cc1NS(=O)(=O)c1ccc(C(=O)N(C)C(C)c2cccs2)cc1. The number of hydrogen-bond donors (Lipinski definition) is 1. The predicted molar refractivity (Wildman–Crippen MR) is 122 cm³/mol. The van der Waals surface area contributed by atoms with Gasteiger partial charge in [-0.05, 0) is 48.7 Å². The van der Waals surface area contributed by atoms with Crippen LogP contribution >= 0.6 is 11.3 Å². The van der Waals surface area contributed by atoms with E-state index in [-0.39, 0.29) is 34.0 Å². The molecule has 0 spiro atoms. The van der Waals surface area contributed by atoms with Gasteiger partial charge in [0.1, 0.15) is 5.75 Å². The van der Waals surface area contributed by atoms with Crippen LogP contribution < -0.4 is 9.46 Å². The molecule has 1 unspecified atom stereocenters. The minimum atomic E-state index is -4.08. The summed E-state index contributed by atoms with van der Waals surface area (Å²) in [4.78, 5) is 25.7. The number of sulfonamides is 1. The molecule has 0 aliphatic carbocycles. The Morgan fingerprint density at radius 2 is 1.88 bits per heavy atom. The molecule has 0 bridgehead atoms. The second-order valence-electron chi connectivity index (χ2n) is 6.88. The number of methoxy groups -OCH3 is 1. The van der Waals surface area contributed by atoms with Crippen molar-refractivity contribution in [2.24, 2.45) is 0 Å². The summed E-state index contributed by atoms with van der Waals surface area (Å²) in [5, 5.41) is 13.0. The maximum atomic E-state index is 12.8. The van der Waals surface area contributed by atoms with Gasteiger partial charge in [0, 0.05) is 29.6 Å². The third-order valence-corrected chi connectivity index (χ3v) is 7.33. The van der Waals surface area contributed by atoms with Gasteiger partial charge < -0.3 is 9.64 Å². The van der Waals surface area contributed by atoms with E-state index in [1.165, 1.54) is 43.5 Å². The minimum absolute atomic E-state index is 0.0636. The van der Waals surface area contributed by atoms with Crippen molar-refractivity contribution < 1.29 is 22.9 Å². The molecule has 3 aromatic rings. The number of amides is 1. The maximum Gasteiger partial charge on any atom is 0.271 e. The van der Waals surface area contributed by atoms with Gasteiger partial charge in [0.2, 0.25) is 0 Å². The summed E-state index contributed by atoms with van der Waals surface area (Å²) < 4.78 is 33.0. The average Bonchev–Trinajstić information content (AvgIpc) is 3.32. The molecule has 0 aliphatic heterocycles. The van der Waals surface area contributed by atoms with Gasteiger partial charge in [-0.15, -0.1) is 11.3 Å². The number of rotatable bonds is 8. The lowest BCUT2D eigenvalue weighted by atomic mass is 10.1. The number of carbonyl (C=O) groups is 1. The molecule has 0 saturated carbocycles. The zero-order valence-electron chi connectivity index (χ0n) is 17.5. The number of nitro benzene ring substituents is 1. The van der Waals surface area contributed by atoms with Crippen LogP contribution in [-0.2, 0) is 10.0 Å². The van der Waals surface area contributed by atoms with Crippen molar-refractivity contribution in [3.8, 4) is 5.75 Å². The second-order valence-corrected chi connectivity index (χ2v) is 9.54. The van der Waals surface area contributed by atoms with Crippen molar-refractivity contribution in [3.05, 3.63) is 80.5 Å². The summed E-state index contributed by atoms with van der Waals surface area (Å²) in [7, 11) is -1.06. The summed E-state index contributed by atoms with van der Waals surface area (Å²) in [6, 6.07) is 12.8. The van der Waals surface area contributed by atoms with Crippen LogP contribution in [0.5, 0.6) is 5.75 Å². The highest BCUT2D eigenvalue weighted by Crippen LogP contribution is 2.31. The Bertz CT molecular complexity index is 1220. The van der Waals surface area contributed by atoms with E-state index in [2.05, 4.69) is 4.72 Å². The number of ether oxygens (including phenoxy) is 1. The van der Waals surface area contributed by atoms with Gasteiger partial charge in [0.15, 0.2) is 0 Å². The predicted octanol–water partition coefficient (Wildman–Crippen LogP) is 4.30. The molecule has 3 rings (SSSR count). The fraction of sp³-hybridized carbons (Fsp3) is 0.190. The number of benzene rings is 2. The van der Waals surface area contributed by atoms with Gasteiger partial charge in [-0.1, -0.05) is 6.07 Å². The van der Waals surface area contributed by atoms with Gasteiger partial charge in [-0.25, -0.2) is 8.42 Å². The van der Waals surface area contributed by atoms with Crippen molar-refractivity contribution >= 4 is 38.6 Å². The van der Waals surface area contributed by atoms with E-state index in [1.807, 2.05) is 24.4 Å². The van der Waals surface area contributed by atoms with Gasteiger partial charge in [-0.3, -0.25) is 19.6 Å². The number of nitrogens with zero attached hydrogens (tertiary/aromatic N) is 2. The zero-order chi connectivity index (χ0) is 23.5. The standard InChI is InChI=1S/C21H21N3O6S2/c1-14(20-5-4-12-31-20)23(2)21(25)15-6-9-17(10-7-15)32(28,29)22-18-13-16(24(26)27)8-11-19(18)30-3/h4-14,22H,1-3H3. The third-order valence-electron chi connectivity index (χ3n) is 4.91. The van der Waals surface area contributed by atoms with Crippen LogP contribution in [0.25, 0.3) is 0 Å². The lowest BCUT2D eigenvalue weighted by Gasteiger charge is -2.24. The largest absolute Gasteiger partial charge is 0.495 e. The number of anilines is 1. The summed E-state index contributed by atoms with van der Waals surface area (Å²) in [5.41, 5.74) is -0.0125. The third kappa shape index (κ3) is 4.89. The van der Waals surface area contributed by atoms with E-state index < -0.39 is 14.9 Å². The second kappa shape index (κ2) is 9.37. The van der Waals surface area contributed by atoms with Crippen LogP contribution in [0.1, 0.15) is 28.2 Å². The molecule has 1 atom stereocenters. The van der Waals surface area contributed by atoms with Crippen molar-refractivity contribution in [2.75, 3.05) is 18.9 Å². The first kappa shape index (κ1) is 23.2. The van der Waals surface area contributed by atoms with Crippen LogP contribution in [0.15, 0.2) is 64.9 Å². The Kier molecular flexibility index (Phi) is 6.80.